The summed E-state index contributed by atoms with van der Waals surface area (Å²) >= 11 is 0. The molecule has 2 aliphatic heterocycles. The first kappa shape index (κ1) is 27.6. The Morgan fingerprint density at radius 2 is 1.29 bits per heavy atom. The fourth-order valence-corrected chi connectivity index (χ4v) is 6.33. The summed E-state index contributed by atoms with van der Waals surface area (Å²) in [4.78, 5) is 4.89. The van der Waals surface area contributed by atoms with Gasteiger partial charge in [-0.2, -0.15) is 0 Å². The Morgan fingerprint density at radius 3 is 1.86 bits per heavy atom. The lowest BCUT2D eigenvalue weighted by molar-refractivity contribution is 0.312. The second kappa shape index (κ2) is 11.8. The first-order valence-corrected chi connectivity index (χ1v) is 13.3. The largest absolute Gasteiger partial charge is 0.507 e. The first-order valence-electron chi connectivity index (χ1n) is 11.8. The molecule has 190 valence electrons. The van der Waals surface area contributed by atoms with Gasteiger partial charge < -0.3 is 5.11 Å². The predicted octanol–water partition coefficient (Wildman–Crippen LogP) is 5.38. The molecule has 3 aromatic rings. The summed E-state index contributed by atoms with van der Waals surface area (Å²) in [5.41, 5.74) is 2.07. The molecule has 0 aliphatic carbocycles. The molecule has 0 spiro atoms. The van der Waals surface area contributed by atoms with Gasteiger partial charge in [-0.15, -0.1) is 24.8 Å². The smallest absolute Gasteiger partial charge is 0.262 e. The maximum absolute atomic E-state index is 13.4. The van der Waals surface area contributed by atoms with Crippen LogP contribution in [0.4, 0.5) is 5.69 Å². The van der Waals surface area contributed by atoms with Crippen LogP contribution in [0.1, 0.15) is 36.8 Å². The van der Waals surface area contributed by atoms with Gasteiger partial charge in [-0.25, -0.2) is 8.42 Å². The Hall–Kier alpha value is -2.03. The number of likely N-dealkylation sites (tertiary alicyclic amines) is 2. The number of nitrogens with one attached hydrogen (secondary N) is 1. The van der Waals surface area contributed by atoms with Crippen LogP contribution in [-0.2, 0) is 23.1 Å². The zero-order valence-electron chi connectivity index (χ0n) is 19.7. The second-order valence-corrected chi connectivity index (χ2v) is 10.8. The van der Waals surface area contributed by atoms with Crippen LogP contribution in [0, 0.1) is 0 Å². The molecule has 2 aliphatic rings. The number of aromatic hydroxyl groups is 1. The monoisotopic (exact) mass is 537 g/mol. The second-order valence-electron chi connectivity index (χ2n) is 9.19. The summed E-state index contributed by atoms with van der Waals surface area (Å²) < 4.78 is 29.6. The number of fused-ring (bicyclic) bond motifs is 1. The molecule has 35 heavy (non-hydrogen) atoms. The van der Waals surface area contributed by atoms with E-state index < -0.39 is 10.0 Å². The van der Waals surface area contributed by atoms with Crippen LogP contribution in [-0.4, -0.2) is 49.5 Å². The molecule has 0 radical (unpaired) electrons. The Kier molecular flexibility index (Phi) is 9.29. The van der Waals surface area contributed by atoms with Gasteiger partial charge >= 0.3 is 0 Å². The van der Waals surface area contributed by atoms with Crippen LogP contribution in [0.2, 0.25) is 0 Å². The standard InChI is InChI=1S/C26H31N3O3S.2ClH/c30-26-21(18-28-12-3-4-13-28)16-23(17-22(26)19-29-14-5-6-15-29)27-33(31,32)25-11-7-9-20-8-1-2-10-24(20)25;;/h1-2,7-11,16-17,27,30H,3-6,12-15,18-19H2;2*1H. The summed E-state index contributed by atoms with van der Waals surface area (Å²) in [7, 11) is -3.80. The highest BCUT2D eigenvalue weighted by atomic mass is 35.5. The van der Waals surface area contributed by atoms with E-state index in [1.807, 2.05) is 30.3 Å². The summed E-state index contributed by atoms with van der Waals surface area (Å²) in [5, 5.41) is 12.6. The van der Waals surface area contributed by atoms with E-state index in [9.17, 15) is 13.5 Å². The molecule has 3 aromatic carbocycles. The van der Waals surface area contributed by atoms with Crippen LogP contribution in [0.3, 0.4) is 0 Å². The number of anilines is 1. The van der Waals surface area contributed by atoms with Gasteiger partial charge in [0.15, 0.2) is 0 Å². The molecule has 0 saturated carbocycles. The lowest BCUT2D eigenvalue weighted by Crippen LogP contribution is -2.21. The van der Waals surface area contributed by atoms with Crippen LogP contribution in [0.25, 0.3) is 10.8 Å². The van der Waals surface area contributed by atoms with E-state index in [1.165, 1.54) is 0 Å². The van der Waals surface area contributed by atoms with E-state index >= 15 is 0 Å². The highest BCUT2D eigenvalue weighted by Crippen LogP contribution is 2.33. The quantitative estimate of drug-likeness (QED) is 0.395. The zero-order valence-corrected chi connectivity index (χ0v) is 22.1. The number of nitrogens with zero attached hydrogens (tertiary/aromatic N) is 2. The minimum Gasteiger partial charge on any atom is -0.507 e. The van der Waals surface area contributed by atoms with E-state index in [4.69, 9.17) is 0 Å². The van der Waals surface area contributed by atoms with Crippen LogP contribution in [0.15, 0.2) is 59.5 Å². The number of phenolic OH excluding ortho intramolecular Hbond substituents is 1. The topological polar surface area (TPSA) is 72.9 Å². The van der Waals surface area contributed by atoms with E-state index in [1.54, 1.807) is 24.3 Å². The number of hydrogen-bond donors (Lipinski definition) is 2. The third-order valence-corrected chi connectivity index (χ3v) is 8.18. The molecule has 6 nitrogen and oxygen atoms in total. The van der Waals surface area contributed by atoms with Crippen molar-refractivity contribution in [2.45, 2.75) is 43.7 Å². The van der Waals surface area contributed by atoms with Crippen molar-refractivity contribution in [3.63, 3.8) is 0 Å². The maximum atomic E-state index is 13.4. The molecule has 0 aromatic heterocycles. The van der Waals surface area contributed by atoms with Crippen molar-refractivity contribution < 1.29 is 13.5 Å². The number of rotatable bonds is 7. The molecule has 0 unspecified atom stereocenters. The normalized spacial score (nSPS) is 16.7. The molecule has 2 N–H and O–H groups in total. The highest BCUT2D eigenvalue weighted by molar-refractivity contribution is 7.93. The van der Waals surface area contributed by atoms with Gasteiger partial charge in [0.2, 0.25) is 0 Å². The average molecular weight is 539 g/mol. The van der Waals surface area contributed by atoms with Gasteiger partial charge in [-0.05, 0) is 75.4 Å². The van der Waals surface area contributed by atoms with Crippen LogP contribution >= 0.6 is 24.8 Å². The fourth-order valence-electron chi connectivity index (χ4n) is 5.06. The van der Waals surface area contributed by atoms with Crippen molar-refractivity contribution in [2.75, 3.05) is 30.9 Å². The molecule has 0 amide bonds. The van der Waals surface area contributed by atoms with E-state index in [-0.39, 0.29) is 29.7 Å². The number of phenols is 1. The van der Waals surface area contributed by atoms with Gasteiger partial charge in [-0.3, -0.25) is 14.5 Å². The molecule has 2 fully saturated rings. The Bertz CT molecular complexity index is 1210. The predicted molar refractivity (Wildman–Crippen MR) is 146 cm³/mol. The average Bonchev–Trinajstić information content (AvgIpc) is 3.51. The molecule has 5 rings (SSSR count). The number of halogens is 2. The van der Waals surface area contributed by atoms with Gasteiger partial charge in [-0.1, -0.05) is 36.4 Å². The number of hydrogen-bond acceptors (Lipinski definition) is 5. The fraction of sp³-hybridized carbons (Fsp3) is 0.385. The first-order chi connectivity index (χ1) is 16.0. The third-order valence-electron chi connectivity index (χ3n) is 6.74. The summed E-state index contributed by atoms with van der Waals surface area (Å²) in [5.74, 6) is 0.293. The lowest BCUT2D eigenvalue weighted by atomic mass is 10.1. The van der Waals surface area contributed by atoms with Gasteiger partial charge in [0.1, 0.15) is 5.75 Å². The maximum Gasteiger partial charge on any atom is 0.262 e. The SMILES string of the molecule is Cl.Cl.O=S(=O)(Nc1cc(CN2CCCC2)c(O)c(CN2CCCC2)c1)c1cccc2ccccc12. The van der Waals surface area contributed by atoms with Gasteiger partial charge in [0.25, 0.3) is 10.0 Å². The van der Waals surface area contributed by atoms with Crippen molar-refractivity contribution in [1.29, 1.82) is 0 Å². The van der Waals surface area contributed by atoms with E-state index in [0.29, 0.717) is 29.9 Å². The van der Waals surface area contributed by atoms with Crippen molar-refractivity contribution in [1.82, 2.24) is 9.80 Å². The minimum absolute atomic E-state index is 0. The molecule has 2 saturated heterocycles. The van der Waals surface area contributed by atoms with Crippen molar-refractivity contribution >= 4 is 51.3 Å². The summed E-state index contributed by atoms with van der Waals surface area (Å²) in [6.07, 6.45) is 4.65. The molecule has 9 heteroatoms. The van der Waals surface area contributed by atoms with Crippen molar-refractivity contribution in [3.8, 4) is 5.75 Å². The molecular weight excluding hydrogens is 505 g/mol. The summed E-state index contributed by atoms with van der Waals surface area (Å²) in [6.45, 7) is 5.28. The molecule has 2 heterocycles. The zero-order chi connectivity index (χ0) is 22.8. The van der Waals surface area contributed by atoms with Crippen molar-refractivity contribution in [3.05, 3.63) is 65.7 Å². The minimum atomic E-state index is -3.80. The highest BCUT2D eigenvalue weighted by Gasteiger charge is 2.22. The number of benzene rings is 3. The molecule has 0 bridgehead atoms. The molecular formula is C26H33Cl2N3O3S. The Labute approximate surface area is 220 Å². The van der Waals surface area contributed by atoms with Crippen LogP contribution in [0.5, 0.6) is 5.75 Å². The molecule has 0 atom stereocenters. The van der Waals surface area contributed by atoms with Crippen LogP contribution < -0.4 is 4.72 Å². The Balaban J connectivity index is 0.00000171. The lowest BCUT2D eigenvalue weighted by Gasteiger charge is -2.21. The van der Waals surface area contributed by atoms with E-state index in [2.05, 4.69) is 14.5 Å². The third kappa shape index (κ3) is 6.22. The van der Waals surface area contributed by atoms with Gasteiger partial charge in [0, 0.05) is 35.3 Å². The van der Waals surface area contributed by atoms with E-state index in [0.717, 1.165) is 68.4 Å². The van der Waals surface area contributed by atoms with Gasteiger partial charge in [0.05, 0.1) is 4.90 Å². The Morgan fingerprint density at radius 1 is 0.771 bits per heavy atom. The summed E-state index contributed by atoms with van der Waals surface area (Å²) in [6, 6.07) is 16.4. The number of sulfonamides is 1. The van der Waals surface area contributed by atoms with Crippen molar-refractivity contribution in [2.24, 2.45) is 0 Å².